The number of carbonyl (C=O) groups excluding carboxylic acids is 3. The van der Waals surface area contributed by atoms with Crippen LogP contribution in [0.25, 0.3) is 11.3 Å². The molecule has 0 bridgehead atoms. The van der Waals surface area contributed by atoms with Crippen LogP contribution in [0.3, 0.4) is 0 Å². The average molecular weight is 572 g/mol. The molecule has 5 rings (SSSR count). The maximum atomic E-state index is 13.8. The smallest absolute Gasteiger partial charge is 0.251 e. The molecule has 1 N–H and O–H groups in total. The molecule has 1 aromatic heterocycles. The number of rotatable bonds is 6. The van der Waals surface area contributed by atoms with Gasteiger partial charge in [0.05, 0.1) is 17.0 Å². The highest BCUT2D eigenvalue weighted by molar-refractivity contribution is 7.99. The van der Waals surface area contributed by atoms with E-state index in [-0.39, 0.29) is 35.6 Å². The number of nitrogens with zero attached hydrogens (tertiary/aromatic N) is 4. The van der Waals surface area contributed by atoms with E-state index < -0.39 is 17.5 Å². The number of likely N-dealkylation sites (N-methyl/N-ethyl adjacent to an activating group) is 1. The molecule has 0 saturated carbocycles. The second-order valence-electron chi connectivity index (χ2n) is 11.6. The van der Waals surface area contributed by atoms with E-state index >= 15 is 0 Å². The van der Waals surface area contributed by atoms with Crippen molar-refractivity contribution in [3.8, 4) is 11.3 Å². The van der Waals surface area contributed by atoms with Gasteiger partial charge in [0.1, 0.15) is 18.7 Å². The molecule has 3 aliphatic rings. The van der Waals surface area contributed by atoms with E-state index in [4.69, 9.17) is 9.72 Å². The molecular formula is C28H37N5O4S2. The number of hydrogen-bond donors (Lipinski definition) is 1. The Balaban J connectivity index is 1.28. The zero-order valence-corrected chi connectivity index (χ0v) is 24.8. The van der Waals surface area contributed by atoms with Crippen molar-refractivity contribution < 1.29 is 19.1 Å². The monoisotopic (exact) mass is 571 g/mol. The summed E-state index contributed by atoms with van der Waals surface area (Å²) >= 11 is 3.24. The fraction of sp³-hybridized carbons (Fsp3) is 0.571. The quantitative estimate of drug-likeness (QED) is 0.566. The zero-order chi connectivity index (χ0) is 27.9. The molecule has 11 heteroatoms. The molecule has 4 atom stereocenters. The molecule has 2 aromatic rings. The van der Waals surface area contributed by atoms with Gasteiger partial charge in [-0.15, -0.1) is 11.3 Å². The number of nitrogens with one attached hydrogen (secondary N) is 1. The third-order valence-electron chi connectivity index (χ3n) is 7.82. The van der Waals surface area contributed by atoms with Crippen molar-refractivity contribution in [3.63, 3.8) is 0 Å². The molecule has 0 radical (unpaired) electrons. The van der Waals surface area contributed by atoms with E-state index in [2.05, 4.69) is 27.5 Å². The molecule has 3 fully saturated rings. The van der Waals surface area contributed by atoms with Gasteiger partial charge in [0.25, 0.3) is 5.91 Å². The normalized spacial score (nSPS) is 24.6. The fourth-order valence-corrected chi connectivity index (χ4v) is 7.10. The number of carbonyl (C=O) groups is 3. The van der Waals surface area contributed by atoms with Gasteiger partial charge in [0.2, 0.25) is 5.91 Å². The molecule has 1 aromatic carbocycles. The number of amides is 2. The van der Waals surface area contributed by atoms with Crippen molar-refractivity contribution in [1.29, 1.82) is 0 Å². The number of likely N-dealkylation sites (tertiary alicyclic amines) is 1. The first-order valence-corrected chi connectivity index (χ1v) is 15.5. The van der Waals surface area contributed by atoms with Crippen LogP contribution < -0.4 is 10.2 Å². The molecule has 2 amide bonds. The van der Waals surface area contributed by atoms with Gasteiger partial charge in [0, 0.05) is 49.2 Å². The van der Waals surface area contributed by atoms with Crippen LogP contribution in [0.1, 0.15) is 31.1 Å². The highest BCUT2D eigenvalue weighted by Gasteiger charge is 2.53. The summed E-state index contributed by atoms with van der Waals surface area (Å²) in [6, 6.07) is 5.97. The van der Waals surface area contributed by atoms with Crippen molar-refractivity contribution >= 4 is 45.8 Å². The highest BCUT2D eigenvalue weighted by atomic mass is 32.2. The van der Waals surface area contributed by atoms with Gasteiger partial charge in [-0.2, -0.15) is 11.8 Å². The lowest BCUT2D eigenvalue weighted by molar-refractivity contribution is -0.140. The molecule has 3 aliphatic heterocycles. The topological polar surface area (TPSA) is 95.1 Å². The summed E-state index contributed by atoms with van der Waals surface area (Å²) in [7, 11) is 2.13. The number of thiazole rings is 1. The van der Waals surface area contributed by atoms with Gasteiger partial charge in [-0.25, -0.2) is 4.98 Å². The lowest BCUT2D eigenvalue weighted by Crippen LogP contribution is -2.57. The number of anilines is 1. The predicted molar refractivity (Wildman–Crippen MR) is 156 cm³/mol. The van der Waals surface area contributed by atoms with Crippen molar-refractivity contribution in [3.05, 3.63) is 35.2 Å². The third kappa shape index (κ3) is 5.73. The Labute approximate surface area is 238 Å². The Morgan fingerprint density at radius 2 is 1.85 bits per heavy atom. The van der Waals surface area contributed by atoms with Crippen LogP contribution in [0, 0.1) is 5.41 Å². The molecule has 0 spiro atoms. The summed E-state index contributed by atoms with van der Waals surface area (Å²) < 4.78 is 5.72. The molecule has 210 valence electrons. The summed E-state index contributed by atoms with van der Waals surface area (Å²) in [6.45, 7) is 10.2. The first kappa shape index (κ1) is 28.1. The minimum Gasteiger partial charge on any atom is -0.367 e. The average Bonchev–Trinajstić information content (AvgIpc) is 3.64. The van der Waals surface area contributed by atoms with Crippen LogP contribution in [0.15, 0.2) is 29.6 Å². The van der Waals surface area contributed by atoms with Crippen LogP contribution >= 0.6 is 23.1 Å². The SMILES string of the molecule is CS[C@H]1CN(C(=O)[C@@H](NC(=O)c2ccc(-c3csc(N4CCN(C)CC4)n3)cc2)C(C)(C)C)[C@@H]2C(=O)CO[C@H]12. The van der Waals surface area contributed by atoms with Crippen LogP contribution in [-0.2, 0) is 14.3 Å². The summed E-state index contributed by atoms with van der Waals surface area (Å²) in [4.78, 5) is 50.8. The van der Waals surface area contributed by atoms with Crippen LogP contribution in [0.5, 0.6) is 0 Å². The lowest BCUT2D eigenvalue weighted by Gasteiger charge is -2.35. The Bertz CT molecular complexity index is 1220. The molecule has 4 heterocycles. The van der Waals surface area contributed by atoms with Crippen molar-refractivity contribution in [2.24, 2.45) is 5.41 Å². The maximum absolute atomic E-state index is 13.8. The number of fused-ring (bicyclic) bond motifs is 1. The number of ketones is 1. The number of Topliss-reactive ketones (excluding diaryl/α,β-unsaturated/α-hetero) is 1. The van der Waals surface area contributed by atoms with Crippen molar-refractivity contribution in [2.45, 2.75) is 44.2 Å². The first-order valence-electron chi connectivity index (χ1n) is 13.3. The number of aromatic nitrogens is 1. The molecular weight excluding hydrogens is 534 g/mol. The van der Waals surface area contributed by atoms with Crippen molar-refractivity contribution in [1.82, 2.24) is 20.1 Å². The fourth-order valence-electron chi connectivity index (χ4n) is 5.41. The van der Waals surface area contributed by atoms with Gasteiger partial charge < -0.3 is 24.8 Å². The van der Waals surface area contributed by atoms with Crippen LogP contribution in [-0.4, -0.2) is 108 Å². The predicted octanol–water partition coefficient (Wildman–Crippen LogP) is 2.62. The summed E-state index contributed by atoms with van der Waals surface area (Å²) in [5.41, 5.74) is 1.75. The van der Waals surface area contributed by atoms with Gasteiger partial charge in [-0.05, 0) is 30.9 Å². The molecule has 39 heavy (non-hydrogen) atoms. The number of piperazine rings is 1. The second-order valence-corrected chi connectivity index (χ2v) is 13.5. The zero-order valence-electron chi connectivity index (χ0n) is 23.2. The number of benzene rings is 1. The molecule has 9 nitrogen and oxygen atoms in total. The summed E-state index contributed by atoms with van der Waals surface area (Å²) in [5.74, 6) is -0.633. The molecule has 0 unspecified atom stereocenters. The van der Waals surface area contributed by atoms with E-state index in [1.165, 1.54) is 0 Å². The molecule has 3 saturated heterocycles. The Hall–Kier alpha value is -2.47. The maximum Gasteiger partial charge on any atom is 0.251 e. The van der Waals surface area contributed by atoms with Crippen LogP contribution in [0.4, 0.5) is 5.13 Å². The van der Waals surface area contributed by atoms with E-state index in [1.54, 1.807) is 40.1 Å². The van der Waals surface area contributed by atoms with Gasteiger partial charge in [-0.1, -0.05) is 32.9 Å². The second kappa shape index (κ2) is 11.2. The van der Waals surface area contributed by atoms with E-state index in [0.717, 1.165) is 42.6 Å². The van der Waals surface area contributed by atoms with Gasteiger partial charge in [-0.3, -0.25) is 14.4 Å². The largest absolute Gasteiger partial charge is 0.367 e. The van der Waals surface area contributed by atoms with Crippen molar-refractivity contribution in [2.75, 3.05) is 57.5 Å². The number of ether oxygens (including phenoxy) is 1. The van der Waals surface area contributed by atoms with Gasteiger partial charge >= 0.3 is 0 Å². The molecule has 0 aliphatic carbocycles. The Morgan fingerprint density at radius 1 is 1.15 bits per heavy atom. The van der Waals surface area contributed by atoms with Crippen LogP contribution in [0.2, 0.25) is 0 Å². The number of hydrogen-bond acceptors (Lipinski definition) is 9. The highest BCUT2D eigenvalue weighted by Crippen LogP contribution is 2.35. The van der Waals surface area contributed by atoms with E-state index in [9.17, 15) is 14.4 Å². The summed E-state index contributed by atoms with van der Waals surface area (Å²) in [5, 5.41) is 6.08. The first-order chi connectivity index (χ1) is 18.6. The minimum absolute atomic E-state index is 0.0327. The Kier molecular flexibility index (Phi) is 8.05. The number of thioether (sulfide) groups is 1. The minimum atomic E-state index is -0.788. The lowest BCUT2D eigenvalue weighted by atomic mass is 9.85. The van der Waals surface area contributed by atoms with Gasteiger partial charge in [0.15, 0.2) is 10.9 Å². The third-order valence-corrected chi connectivity index (χ3v) is 9.75. The van der Waals surface area contributed by atoms with E-state index in [0.29, 0.717) is 12.1 Å². The summed E-state index contributed by atoms with van der Waals surface area (Å²) in [6.07, 6.45) is 1.68. The Morgan fingerprint density at radius 3 is 2.49 bits per heavy atom. The van der Waals surface area contributed by atoms with E-state index in [1.807, 2.05) is 39.2 Å². The standard InChI is InChI=1S/C28H37N5O4S2/c1-28(2,3)24(26(36)33-14-21(38-5)23-22(33)20(34)15-37-23)30-25(35)18-8-6-17(7-9-18)19-16-39-27(29-19)32-12-10-31(4)11-13-32/h6-9,16,21-24H,10-15H2,1-5H3,(H,30,35)/t21-,22+,23+,24+/m0/s1.